The number of thiophene rings is 1. The van der Waals surface area contributed by atoms with Gasteiger partial charge < -0.3 is 14.5 Å². The molecule has 2 heterocycles. The number of furan rings is 1. The number of amides is 1. The van der Waals surface area contributed by atoms with Crippen molar-refractivity contribution in [1.29, 1.82) is 5.26 Å². The Morgan fingerprint density at radius 1 is 1.31 bits per heavy atom. The van der Waals surface area contributed by atoms with Crippen molar-refractivity contribution in [2.45, 2.75) is 33.1 Å². The Morgan fingerprint density at radius 3 is 2.72 bits per heavy atom. The number of fused-ring (bicyclic) bond motifs is 1. The fourth-order valence-electron chi connectivity index (χ4n) is 4.05. The van der Waals surface area contributed by atoms with Gasteiger partial charge in [0.2, 0.25) is 0 Å². The van der Waals surface area contributed by atoms with Gasteiger partial charge in [-0.25, -0.2) is 4.79 Å². The topological polar surface area (TPSA) is 135 Å². The molecule has 1 aromatic carbocycles. The van der Waals surface area contributed by atoms with Crippen molar-refractivity contribution in [2.75, 3.05) is 11.9 Å². The first-order chi connectivity index (χ1) is 17.3. The molecule has 0 aliphatic heterocycles. The van der Waals surface area contributed by atoms with Gasteiger partial charge in [0, 0.05) is 28.6 Å². The number of nitro benzene ring substituents is 1. The van der Waals surface area contributed by atoms with Crippen LogP contribution in [0.4, 0.5) is 10.7 Å². The number of ether oxygens (including phenoxy) is 1. The number of carbonyl (C=O) groups is 2. The molecule has 1 aliphatic rings. The summed E-state index contributed by atoms with van der Waals surface area (Å²) in [6, 6.07) is 11.0. The van der Waals surface area contributed by atoms with E-state index < -0.39 is 16.8 Å². The van der Waals surface area contributed by atoms with Crippen molar-refractivity contribution in [3.05, 3.63) is 73.8 Å². The molecule has 3 aromatic rings. The predicted molar refractivity (Wildman–Crippen MR) is 134 cm³/mol. The molecule has 0 bridgehead atoms. The molecular weight excluding hydrogens is 482 g/mol. The Kier molecular flexibility index (Phi) is 7.31. The van der Waals surface area contributed by atoms with E-state index in [-0.39, 0.29) is 23.6 Å². The molecule has 0 saturated heterocycles. The van der Waals surface area contributed by atoms with E-state index in [1.54, 1.807) is 31.2 Å². The van der Waals surface area contributed by atoms with Crippen LogP contribution >= 0.6 is 11.3 Å². The maximum atomic E-state index is 13.0. The van der Waals surface area contributed by atoms with Crippen molar-refractivity contribution in [3.63, 3.8) is 0 Å². The summed E-state index contributed by atoms with van der Waals surface area (Å²) in [5.74, 6) is 0.0239. The third-order valence-corrected chi connectivity index (χ3v) is 7.03. The van der Waals surface area contributed by atoms with Crippen LogP contribution in [0.1, 0.15) is 46.8 Å². The molecule has 184 valence electrons. The molecule has 1 aliphatic carbocycles. The molecule has 0 spiro atoms. The van der Waals surface area contributed by atoms with Gasteiger partial charge in [-0.2, -0.15) is 5.26 Å². The lowest BCUT2D eigenvalue weighted by molar-refractivity contribution is -0.384. The molecular formula is C26H23N3O6S. The summed E-state index contributed by atoms with van der Waals surface area (Å²) in [6.45, 7) is 4.09. The van der Waals surface area contributed by atoms with Crippen LogP contribution in [-0.4, -0.2) is 23.4 Å². The van der Waals surface area contributed by atoms with Crippen LogP contribution in [0.15, 0.2) is 46.4 Å². The standard InChI is InChI=1S/C26H23N3O6S/c1-3-34-26(31)23-20-10-4-15(2)12-22(20)36-25(23)28-24(30)17(14-27)13-19-9-11-21(35-19)16-5-7-18(8-6-16)29(32)33/h5-9,11,13,15H,3-4,10,12H2,1-2H3,(H,28,30). The van der Waals surface area contributed by atoms with E-state index in [0.29, 0.717) is 27.8 Å². The summed E-state index contributed by atoms with van der Waals surface area (Å²) in [7, 11) is 0. The van der Waals surface area contributed by atoms with E-state index in [2.05, 4.69) is 12.2 Å². The second-order valence-electron chi connectivity index (χ2n) is 8.41. The minimum atomic E-state index is -0.664. The number of non-ortho nitro benzene ring substituents is 1. The third-order valence-electron chi connectivity index (χ3n) is 5.86. The number of anilines is 1. The lowest BCUT2D eigenvalue weighted by atomic mass is 9.88. The number of benzene rings is 1. The maximum absolute atomic E-state index is 13.0. The summed E-state index contributed by atoms with van der Waals surface area (Å²) in [4.78, 5) is 37.1. The molecule has 10 heteroatoms. The summed E-state index contributed by atoms with van der Waals surface area (Å²) in [5.41, 5.74) is 1.65. The fourth-order valence-corrected chi connectivity index (χ4v) is 5.45. The van der Waals surface area contributed by atoms with Crippen molar-refractivity contribution in [3.8, 4) is 17.4 Å². The van der Waals surface area contributed by atoms with Crippen molar-refractivity contribution in [2.24, 2.45) is 5.92 Å². The molecule has 0 fully saturated rings. The van der Waals surface area contributed by atoms with E-state index in [4.69, 9.17) is 9.15 Å². The Bertz CT molecular complexity index is 1390. The van der Waals surface area contributed by atoms with Gasteiger partial charge in [-0.3, -0.25) is 14.9 Å². The van der Waals surface area contributed by atoms with Crippen LogP contribution in [0.5, 0.6) is 0 Å². The summed E-state index contributed by atoms with van der Waals surface area (Å²) >= 11 is 1.35. The molecule has 0 radical (unpaired) electrons. The number of nitriles is 1. The number of nitro groups is 1. The highest BCUT2D eigenvalue weighted by Crippen LogP contribution is 2.40. The summed E-state index contributed by atoms with van der Waals surface area (Å²) in [6.07, 6.45) is 3.81. The van der Waals surface area contributed by atoms with E-state index in [1.165, 1.54) is 29.5 Å². The first-order valence-electron chi connectivity index (χ1n) is 11.4. The highest BCUT2D eigenvalue weighted by molar-refractivity contribution is 7.17. The monoisotopic (exact) mass is 505 g/mol. The molecule has 36 heavy (non-hydrogen) atoms. The molecule has 9 nitrogen and oxygen atoms in total. The lowest BCUT2D eigenvalue weighted by Gasteiger charge is -2.18. The van der Waals surface area contributed by atoms with Gasteiger partial charge in [0.1, 0.15) is 28.2 Å². The van der Waals surface area contributed by atoms with Gasteiger partial charge >= 0.3 is 5.97 Å². The zero-order valence-corrected chi connectivity index (χ0v) is 20.5. The van der Waals surface area contributed by atoms with Gasteiger partial charge in [0.05, 0.1) is 17.1 Å². The van der Waals surface area contributed by atoms with Crippen LogP contribution in [0.25, 0.3) is 17.4 Å². The number of nitrogens with zero attached hydrogens (tertiary/aromatic N) is 2. The zero-order valence-electron chi connectivity index (χ0n) is 19.7. The number of carbonyl (C=O) groups excluding carboxylic acids is 2. The third kappa shape index (κ3) is 5.21. The number of esters is 1. The van der Waals surface area contributed by atoms with Gasteiger partial charge in [-0.15, -0.1) is 11.3 Å². The Hall–Kier alpha value is -4.23. The first-order valence-corrected chi connectivity index (χ1v) is 12.2. The molecule has 0 saturated carbocycles. The van der Waals surface area contributed by atoms with Crippen molar-refractivity contribution < 1.29 is 23.7 Å². The normalized spacial score (nSPS) is 15.0. The van der Waals surface area contributed by atoms with E-state index in [1.807, 2.05) is 6.07 Å². The number of rotatable bonds is 7. The van der Waals surface area contributed by atoms with Crippen LogP contribution in [0.3, 0.4) is 0 Å². The Balaban J connectivity index is 1.57. The number of hydrogen-bond donors (Lipinski definition) is 1. The SMILES string of the molecule is CCOC(=O)c1c(NC(=O)C(C#N)=Cc2ccc(-c3ccc([N+](=O)[O-])cc3)o2)sc2c1CCC(C)C2. The molecule has 1 amide bonds. The van der Waals surface area contributed by atoms with Gasteiger partial charge in [0.25, 0.3) is 11.6 Å². The molecule has 1 unspecified atom stereocenters. The van der Waals surface area contributed by atoms with Crippen LogP contribution in [0.2, 0.25) is 0 Å². The van der Waals surface area contributed by atoms with Gasteiger partial charge in [-0.1, -0.05) is 6.92 Å². The van der Waals surface area contributed by atoms with E-state index >= 15 is 0 Å². The summed E-state index contributed by atoms with van der Waals surface area (Å²) in [5, 5.41) is 23.6. The molecule has 1 N–H and O–H groups in total. The first kappa shape index (κ1) is 24.9. The summed E-state index contributed by atoms with van der Waals surface area (Å²) < 4.78 is 11.0. The minimum Gasteiger partial charge on any atom is -0.462 e. The minimum absolute atomic E-state index is 0.0410. The van der Waals surface area contributed by atoms with Crippen LogP contribution in [0, 0.1) is 27.4 Å². The van der Waals surface area contributed by atoms with Crippen molar-refractivity contribution in [1.82, 2.24) is 0 Å². The highest BCUT2D eigenvalue weighted by atomic mass is 32.1. The van der Waals surface area contributed by atoms with Crippen LogP contribution < -0.4 is 5.32 Å². The van der Waals surface area contributed by atoms with Crippen molar-refractivity contribution >= 4 is 40.0 Å². The number of nitrogens with one attached hydrogen (secondary N) is 1. The maximum Gasteiger partial charge on any atom is 0.341 e. The van der Waals surface area contributed by atoms with Crippen LogP contribution in [-0.2, 0) is 22.4 Å². The molecule has 1 atom stereocenters. The fraction of sp³-hybridized carbons (Fsp3) is 0.269. The quantitative estimate of drug-likeness (QED) is 0.142. The van der Waals surface area contributed by atoms with Gasteiger partial charge in [0.15, 0.2) is 0 Å². The largest absolute Gasteiger partial charge is 0.462 e. The van der Waals surface area contributed by atoms with E-state index in [9.17, 15) is 25.0 Å². The lowest BCUT2D eigenvalue weighted by Crippen LogP contribution is -2.17. The average molecular weight is 506 g/mol. The Labute approximate surface area is 211 Å². The molecule has 4 rings (SSSR count). The van der Waals surface area contributed by atoms with E-state index in [0.717, 1.165) is 29.7 Å². The highest BCUT2D eigenvalue weighted by Gasteiger charge is 2.29. The predicted octanol–water partition coefficient (Wildman–Crippen LogP) is 5.76. The Morgan fingerprint density at radius 2 is 2.06 bits per heavy atom. The average Bonchev–Trinajstić information content (AvgIpc) is 3.46. The molecule has 2 aromatic heterocycles. The van der Waals surface area contributed by atoms with Gasteiger partial charge in [-0.05, 0) is 61.9 Å². The second kappa shape index (κ2) is 10.6. The second-order valence-corrected chi connectivity index (χ2v) is 9.51. The zero-order chi connectivity index (χ0) is 25.8. The number of hydrogen-bond acceptors (Lipinski definition) is 8. The smallest absolute Gasteiger partial charge is 0.341 e.